The molecule has 1 saturated heterocycles. The average molecular weight is 257 g/mol. The van der Waals surface area contributed by atoms with Gasteiger partial charge in [-0.1, -0.05) is 6.92 Å². The molecule has 1 N–H and O–H groups in total. The van der Waals surface area contributed by atoms with Gasteiger partial charge in [0.2, 0.25) is 0 Å². The van der Waals surface area contributed by atoms with E-state index in [1.54, 1.807) is 12.4 Å². The molecule has 0 aliphatic carbocycles. The van der Waals surface area contributed by atoms with Crippen LogP contribution in [0.5, 0.6) is 0 Å². The van der Waals surface area contributed by atoms with Crippen LogP contribution in [0.2, 0.25) is 0 Å². The van der Waals surface area contributed by atoms with E-state index in [0.29, 0.717) is 12.0 Å². The average Bonchev–Trinajstić information content (AvgIpc) is 2.46. The maximum absolute atomic E-state index is 4.45. The van der Waals surface area contributed by atoms with E-state index in [0.717, 1.165) is 29.9 Å². The van der Waals surface area contributed by atoms with Crippen molar-refractivity contribution in [3.05, 3.63) is 24.7 Å². The number of fused-ring (bicyclic) bond motifs is 1. The second kappa shape index (κ2) is 5.09. The van der Waals surface area contributed by atoms with Gasteiger partial charge in [-0.15, -0.1) is 0 Å². The molecule has 19 heavy (non-hydrogen) atoms. The second-order valence-electron chi connectivity index (χ2n) is 5.29. The zero-order valence-corrected chi connectivity index (χ0v) is 11.4. The summed E-state index contributed by atoms with van der Waals surface area (Å²) in [5.74, 6) is 0.672. The highest BCUT2D eigenvalue weighted by atomic mass is 15.2. The fraction of sp³-hybridized carbons (Fsp3) is 0.500. The number of hydrogen-bond acceptors (Lipinski definition) is 5. The number of nitrogens with zero attached hydrogens (tertiary/aromatic N) is 4. The number of likely N-dealkylation sites (N-methyl/N-ethyl adjacent to an activating group) is 1. The van der Waals surface area contributed by atoms with Crippen molar-refractivity contribution >= 4 is 16.9 Å². The highest BCUT2D eigenvalue weighted by molar-refractivity contribution is 5.85. The summed E-state index contributed by atoms with van der Waals surface area (Å²) in [4.78, 5) is 15.4. The first kappa shape index (κ1) is 12.3. The topological polar surface area (TPSA) is 53.9 Å². The summed E-state index contributed by atoms with van der Waals surface area (Å²) in [7, 11) is 2.03. The van der Waals surface area contributed by atoms with Gasteiger partial charge in [0.1, 0.15) is 5.52 Å². The number of hydrogen-bond donors (Lipinski definition) is 1. The van der Waals surface area contributed by atoms with Crippen molar-refractivity contribution in [1.29, 1.82) is 0 Å². The van der Waals surface area contributed by atoms with Crippen LogP contribution < -0.4 is 10.2 Å². The Morgan fingerprint density at radius 3 is 2.79 bits per heavy atom. The van der Waals surface area contributed by atoms with Crippen molar-refractivity contribution in [2.24, 2.45) is 5.92 Å². The number of piperidine rings is 1. The van der Waals surface area contributed by atoms with Gasteiger partial charge in [-0.05, 0) is 25.5 Å². The SMILES string of the molecule is CNC1CC(C)CN(c2ccnc3nccnc23)C1. The Morgan fingerprint density at radius 2 is 1.95 bits per heavy atom. The van der Waals surface area contributed by atoms with Crippen LogP contribution in [0.1, 0.15) is 13.3 Å². The molecule has 2 aromatic rings. The normalized spacial score (nSPS) is 23.8. The number of pyridine rings is 1. The summed E-state index contributed by atoms with van der Waals surface area (Å²) in [6.45, 7) is 4.37. The standard InChI is InChI=1S/C14H19N5/c1-10-7-11(15-2)9-19(8-10)12-3-4-17-14-13(12)16-5-6-18-14/h3-6,10-11,15H,7-9H2,1-2H3. The molecule has 2 aromatic heterocycles. The Hall–Kier alpha value is -1.75. The zero-order valence-electron chi connectivity index (χ0n) is 11.4. The van der Waals surface area contributed by atoms with Gasteiger partial charge in [-0.25, -0.2) is 15.0 Å². The molecule has 100 valence electrons. The van der Waals surface area contributed by atoms with E-state index in [-0.39, 0.29) is 0 Å². The summed E-state index contributed by atoms with van der Waals surface area (Å²) in [6.07, 6.45) is 6.46. The first-order valence-corrected chi connectivity index (χ1v) is 6.76. The molecular formula is C14H19N5. The molecule has 2 atom stereocenters. The number of aromatic nitrogens is 3. The number of nitrogens with one attached hydrogen (secondary N) is 1. The smallest absolute Gasteiger partial charge is 0.180 e. The van der Waals surface area contributed by atoms with Crippen molar-refractivity contribution in [2.75, 3.05) is 25.0 Å². The van der Waals surface area contributed by atoms with Crippen LogP contribution in [-0.2, 0) is 0 Å². The molecule has 0 aromatic carbocycles. The monoisotopic (exact) mass is 257 g/mol. The van der Waals surface area contributed by atoms with Crippen LogP contribution >= 0.6 is 0 Å². The Kier molecular flexibility index (Phi) is 3.29. The van der Waals surface area contributed by atoms with E-state index in [9.17, 15) is 0 Å². The van der Waals surface area contributed by atoms with Crippen molar-refractivity contribution < 1.29 is 0 Å². The van der Waals surface area contributed by atoms with Gasteiger partial charge < -0.3 is 10.2 Å². The Labute approximate surface area is 113 Å². The first-order valence-electron chi connectivity index (χ1n) is 6.76. The van der Waals surface area contributed by atoms with Crippen LogP contribution in [0.4, 0.5) is 5.69 Å². The van der Waals surface area contributed by atoms with Crippen LogP contribution in [0.3, 0.4) is 0 Å². The summed E-state index contributed by atoms with van der Waals surface area (Å²) in [5.41, 5.74) is 2.76. The quantitative estimate of drug-likeness (QED) is 0.882. The maximum atomic E-state index is 4.45. The largest absolute Gasteiger partial charge is 0.368 e. The molecule has 2 unspecified atom stereocenters. The van der Waals surface area contributed by atoms with Gasteiger partial charge in [0.25, 0.3) is 0 Å². The molecular weight excluding hydrogens is 238 g/mol. The lowest BCUT2D eigenvalue weighted by Gasteiger charge is -2.38. The summed E-state index contributed by atoms with van der Waals surface area (Å²) in [6, 6.07) is 2.57. The fourth-order valence-electron chi connectivity index (χ4n) is 2.88. The van der Waals surface area contributed by atoms with Gasteiger partial charge in [0.05, 0.1) is 5.69 Å². The molecule has 1 aliphatic rings. The zero-order chi connectivity index (χ0) is 13.2. The van der Waals surface area contributed by atoms with E-state index in [1.807, 2.05) is 19.3 Å². The molecule has 0 spiro atoms. The lowest BCUT2D eigenvalue weighted by molar-refractivity contribution is 0.367. The van der Waals surface area contributed by atoms with E-state index < -0.39 is 0 Å². The third-order valence-electron chi connectivity index (χ3n) is 3.76. The van der Waals surface area contributed by atoms with Crippen molar-refractivity contribution in [3.63, 3.8) is 0 Å². The molecule has 3 rings (SSSR count). The number of anilines is 1. The van der Waals surface area contributed by atoms with E-state index in [2.05, 4.69) is 32.1 Å². The van der Waals surface area contributed by atoms with Crippen molar-refractivity contribution in [2.45, 2.75) is 19.4 Å². The van der Waals surface area contributed by atoms with Crippen LogP contribution in [-0.4, -0.2) is 41.1 Å². The number of rotatable bonds is 2. The van der Waals surface area contributed by atoms with Crippen LogP contribution in [0.25, 0.3) is 11.2 Å². The van der Waals surface area contributed by atoms with Crippen molar-refractivity contribution in [3.8, 4) is 0 Å². The van der Waals surface area contributed by atoms with E-state index in [4.69, 9.17) is 0 Å². The second-order valence-corrected chi connectivity index (χ2v) is 5.29. The minimum absolute atomic E-state index is 0.531. The van der Waals surface area contributed by atoms with Gasteiger partial charge >= 0.3 is 0 Å². The van der Waals surface area contributed by atoms with E-state index in [1.165, 1.54) is 6.42 Å². The Morgan fingerprint density at radius 1 is 1.16 bits per heavy atom. The van der Waals surface area contributed by atoms with Gasteiger partial charge in [-0.3, -0.25) is 0 Å². The highest BCUT2D eigenvalue weighted by Crippen LogP contribution is 2.27. The minimum Gasteiger partial charge on any atom is -0.368 e. The molecule has 0 bridgehead atoms. The third-order valence-corrected chi connectivity index (χ3v) is 3.76. The Balaban J connectivity index is 1.99. The third kappa shape index (κ3) is 2.38. The summed E-state index contributed by atoms with van der Waals surface area (Å²) in [5, 5.41) is 3.39. The Bertz CT molecular complexity index is 565. The lowest BCUT2D eigenvalue weighted by Crippen LogP contribution is -2.47. The summed E-state index contributed by atoms with van der Waals surface area (Å²) < 4.78 is 0. The molecule has 1 aliphatic heterocycles. The van der Waals surface area contributed by atoms with Crippen LogP contribution in [0.15, 0.2) is 24.7 Å². The summed E-state index contributed by atoms with van der Waals surface area (Å²) >= 11 is 0. The maximum Gasteiger partial charge on any atom is 0.180 e. The van der Waals surface area contributed by atoms with Gasteiger partial charge in [0, 0.05) is 37.7 Å². The molecule has 0 radical (unpaired) electrons. The molecule has 1 fully saturated rings. The van der Waals surface area contributed by atoms with Crippen molar-refractivity contribution in [1.82, 2.24) is 20.3 Å². The van der Waals surface area contributed by atoms with E-state index >= 15 is 0 Å². The first-order chi connectivity index (χ1) is 9.28. The van der Waals surface area contributed by atoms with Crippen LogP contribution in [0, 0.1) is 5.92 Å². The molecule has 5 heteroatoms. The highest BCUT2D eigenvalue weighted by Gasteiger charge is 2.25. The van der Waals surface area contributed by atoms with Gasteiger partial charge in [-0.2, -0.15) is 0 Å². The predicted molar refractivity (Wildman–Crippen MR) is 76.2 cm³/mol. The molecule has 0 saturated carbocycles. The van der Waals surface area contributed by atoms with Gasteiger partial charge in [0.15, 0.2) is 5.65 Å². The minimum atomic E-state index is 0.531. The lowest BCUT2D eigenvalue weighted by atomic mass is 9.95. The molecule has 3 heterocycles. The predicted octanol–water partition coefficient (Wildman–Crippen LogP) is 1.46. The molecule has 5 nitrogen and oxygen atoms in total. The fourth-order valence-corrected chi connectivity index (χ4v) is 2.88. The molecule has 0 amide bonds.